The molecule has 2 heterocycles. The minimum Gasteiger partial charge on any atom is -0.497 e. The summed E-state index contributed by atoms with van der Waals surface area (Å²) in [5, 5.41) is 14.0. The predicted octanol–water partition coefficient (Wildman–Crippen LogP) is 2.51. The molecule has 176 valence electrons. The third-order valence-corrected chi connectivity index (χ3v) is 6.27. The summed E-state index contributed by atoms with van der Waals surface area (Å²) < 4.78 is 34.3. The highest BCUT2D eigenvalue weighted by atomic mass is 32.2. The van der Waals surface area contributed by atoms with Crippen LogP contribution in [0.25, 0.3) is 5.82 Å². The van der Waals surface area contributed by atoms with Gasteiger partial charge in [-0.1, -0.05) is 17.7 Å². The third kappa shape index (κ3) is 5.85. The molecule has 0 unspecified atom stereocenters. The van der Waals surface area contributed by atoms with Crippen molar-refractivity contribution in [2.75, 3.05) is 30.8 Å². The second-order valence-corrected chi connectivity index (χ2v) is 9.06. The number of hydrogen-bond acceptors (Lipinski definition) is 9. The minimum absolute atomic E-state index is 0.134. The highest BCUT2D eigenvalue weighted by molar-refractivity contribution is 7.89. The molecule has 2 aromatic carbocycles. The van der Waals surface area contributed by atoms with Gasteiger partial charge in [-0.2, -0.15) is 9.97 Å². The van der Waals surface area contributed by atoms with Crippen molar-refractivity contribution in [3.63, 3.8) is 0 Å². The van der Waals surface area contributed by atoms with E-state index in [9.17, 15) is 8.42 Å². The van der Waals surface area contributed by atoms with E-state index >= 15 is 0 Å². The standard InChI is InChI=1S/C22H24N8O3S/c1-16-3-5-17(6-4-16)27-20-13-21(30-14-24-25-15-30)29-22(28-20)23-11-12-26-34(31,32)19-9-7-18(33-2)8-10-19/h3-10,13-15,26H,11-12H2,1-2H3,(H2,23,27,28,29). The molecule has 11 nitrogen and oxygen atoms in total. The van der Waals surface area contributed by atoms with Crippen molar-refractivity contribution in [3.8, 4) is 11.6 Å². The van der Waals surface area contributed by atoms with E-state index in [1.165, 1.54) is 31.9 Å². The molecule has 0 atom stereocenters. The Labute approximate surface area is 197 Å². The highest BCUT2D eigenvalue weighted by Crippen LogP contribution is 2.19. The second kappa shape index (κ2) is 10.3. The lowest BCUT2D eigenvalue weighted by atomic mass is 10.2. The van der Waals surface area contributed by atoms with Crippen LogP contribution in [0.4, 0.5) is 17.5 Å². The summed E-state index contributed by atoms with van der Waals surface area (Å²) in [4.78, 5) is 9.12. The van der Waals surface area contributed by atoms with Gasteiger partial charge in [-0.3, -0.25) is 4.57 Å². The molecule has 0 bridgehead atoms. The van der Waals surface area contributed by atoms with Crippen LogP contribution in [0, 0.1) is 6.92 Å². The first-order valence-electron chi connectivity index (χ1n) is 10.4. The average molecular weight is 481 g/mol. The fraction of sp³-hybridized carbons (Fsp3) is 0.182. The average Bonchev–Trinajstić information content (AvgIpc) is 3.39. The number of nitrogens with zero attached hydrogens (tertiary/aromatic N) is 5. The van der Waals surface area contributed by atoms with Gasteiger partial charge >= 0.3 is 0 Å². The Kier molecular flexibility index (Phi) is 6.99. The first kappa shape index (κ1) is 23.1. The van der Waals surface area contributed by atoms with E-state index in [0.717, 1.165) is 11.3 Å². The molecule has 4 aromatic rings. The molecule has 0 saturated heterocycles. The van der Waals surface area contributed by atoms with E-state index in [-0.39, 0.29) is 18.0 Å². The van der Waals surface area contributed by atoms with E-state index in [1.807, 2.05) is 31.2 Å². The fourth-order valence-electron chi connectivity index (χ4n) is 3.01. The van der Waals surface area contributed by atoms with Crippen LogP contribution < -0.4 is 20.1 Å². The minimum atomic E-state index is -3.66. The molecule has 2 aromatic heterocycles. The van der Waals surface area contributed by atoms with Gasteiger partial charge in [0.25, 0.3) is 0 Å². The first-order chi connectivity index (χ1) is 16.4. The maximum Gasteiger partial charge on any atom is 0.240 e. The Hall–Kier alpha value is -4.03. The zero-order valence-electron chi connectivity index (χ0n) is 18.6. The summed E-state index contributed by atoms with van der Waals surface area (Å²) in [5.41, 5.74) is 2.02. The van der Waals surface area contributed by atoms with Crippen molar-refractivity contribution in [1.82, 2.24) is 29.5 Å². The molecule has 0 radical (unpaired) electrons. The Bertz CT molecular complexity index is 1330. The number of benzene rings is 2. The lowest BCUT2D eigenvalue weighted by molar-refractivity contribution is 0.414. The molecule has 0 aliphatic carbocycles. The smallest absolute Gasteiger partial charge is 0.240 e. The second-order valence-electron chi connectivity index (χ2n) is 7.30. The Morgan fingerprint density at radius 1 is 0.941 bits per heavy atom. The van der Waals surface area contributed by atoms with Gasteiger partial charge in [0, 0.05) is 24.8 Å². The predicted molar refractivity (Wildman–Crippen MR) is 128 cm³/mol. The molecule has 0 aliphatic rings. The molecule has 0 spiro atoms. The molecule has 0 saturated carbocycles. The number of methoxy groups -OCH3 is 1. The van der Waals surface area contributed by atoms with Crippen LogP contribution in [0.2, 0.25) is 0 Å². The van der Waals surface area contributed by atoms with E-state index in [1.54, 1.807) is 22.8 Å². The molecular formula is C22H24N8O3S. The first-order valence-corrected chi connectivity index (χ1v) is 11.9. The van der Waals surface area contributed by atoms with E-state index in [2.05, 4.69) is 35.5 Å². The summed E-state index contributed by atoms with van der Waals surface area (Å²) in [6, 6.07) is 15.8. The highest BCUT2D eigenvalue weighted by Gasteiger charge is 2.13. The van der Waals surface area contributed by atoms with Crippen molar-refractivity contribution in [1.29, 1.82) is 0 Å². The van der Waals surface area contributed by atoms with Crippen molar-refractivity contribution in [2.45, 2.75) is 11.8 Å². The number of aromatic nitrogens is 5. The SMILES string of the molecule is COc1ccc(S(=O)(=O)NCCNc2nc(Nc3ccc(C)cc3)cc(-n3cnnc3)n2)cc1. The Balaban J connectivity index is 1.44. The van der Waals surface area contributed by atoms with Gasteiger partial charge in [0.1, 0.15) is 30.0 Å². The lowest BCUT2D eigenvalue weighted by Crippen LogP contribution is -2.29. The van der Waals surface area contributed by atoms with Gasteiger partial charge in [0.05, 0.1) is 12.0 Å². The summed E-state index contributed by atoms with van der Waals surface area (Å²) in [6.45, 7) is 2.42. The van der Waals surface area contributed by atoms with Gasteiger partial charge in [0.15, 0.2) is 0 Å². The number of hydrogen-bond donors (Lipinski definition) is 3. The zero-order chi connectivity index (χ0) is 24.0. The van der Waals surface area contributed by atoms with Crippen LogP contribution in [0.15, 0.2) is 72.1 Å². The number of aryl methyl sites for hydroxylation is 1. The summed E-state index contributed by atoms with van der Waals surface area (Å²) in [6.07, 6.45) is 3.06. The lowest BCUT2D eigenvalue weighted by Gasteiger charge is -2.12. The van der Waals surface area contributed by atoms with E-state index in [0.29, 0.717) is 23.3 Å². The number of sulfonamides is 1. The molecule has 3 N–H and O–H groups in total. The van der Waals surface area contributed by atoms with Crippen LogP contribution >= 0.6 is 0 Å². The van der Waals surface area contributed by atoms with Gasteiger partial charge in [-0.15, -0.1) is 10.2 Å². The van der Waals surface area contributed by atoms with Crippen LogP contribution in [0.3, 0.4) is 0 Å². The molecule has 0 fully saturated rings. The maximum absolute atomic E-state index is 12.5. The third-order valence-electron chi connectivity index (χ3n) is 4.79. The van der Waals surface area contributed by atoms with Crippen LogP contribution in [-0.2, 0) is 10.0 Å². The number of anilines is 3. The van der Waals surface area contributed by atoms with Crippen LogP contribution in [0.1, 0.15) is 5.56 Å². The molecule has 4 rings (SSSR count). The normalized spacial score (nSPS) is 11.2. The van der Waals surface area contributed by atoms with E-state index in [4.69, 9.17) is 4.74 Å². The largest absolute Gasteiger partial charge is 0.497 e. The monoisotopic (exact) mass is 480 g/mol. The summed E-state index contributed by atoms with van der Waals surface area (Å²) in [5.74, 6) is 2.02. The Morgan fingerprint density at radius 3 is 2.32 bits per heavy atom. The van der Waals surface area contributed by atoms with E-state index < -0.39 is 10.0 Å². The van der Waals surface area contributed by atoms with Crippen molar-refractivity contribution < 1.29 is 13.2 Å². The molecule has 0 aliphatic heterocycles. The number of rotatable bonds is 10. The van der Waals surface area contributed by atoms with Crippen molar-refractivity contribution >= 4 is 27.5 Å². The van der Waals surface area contributed by atoms with Gasteiger partial charge < -0.3 is 15.4 Å². The number of nitrogens with one attached hydrogen (secondary N) is 3. The number of ether oxygens (including phenoxy) is 1. The quantitative estimate of drug-likeness (QED) is 0.292. The molecule has 0 amide bonds. The molecular weight excluding hydrogens is 456 g/mol. The molecule has 12 heteroatoms. The van der Waals surface area contributed by atoms with Crippen molar-refractivity contribution in [3.05, 3.63) is 72.8 Å². The fourth-order valence-corrected chi connectivity index (χ4v) is 4.04. The van der Waals surface area contributed by atoms with Gasteiger partial charge in [-0.25, -0.2) is 13.1 Å². The van der Waals surface area contributed by atoms with Gasteiger partial charge in [0.2, 0.25) is 16.0 Å². The van der Waals surface area contributed by atoms with Crippen LogP contribution in [0.5, 0.6) is 5.75 Å². The zero-order valence-corrected chi connectivity index (χ0v) is 19.5. The maximum atomic E-state index is 12.5. The topological polar surface area (TPSA) is 136 Å². The molecule has 34 heavy (non-hydrogen) atoms. The van der Waals surface area contributed by atoms with Crippen LogP contribution in [-0.4, -0.2) is 53.3 Å². The summed E-state index contributed by atoms with van der Waals surface area (Å²) >= 11 is 0. The summed E-state index contributed by atoms with van der Waals surface area (Å²) in [7, 11) is -2.13. The van der Waals surface area contributed by atoms with Gasteiger partial charge in [-0.05, 0) is 43.3 Å². The Morgan fingerprint density at radius 2 is 1.65 bits per heavy atom. The van der Waals surface area contributed by atoms with Crippen molar-refractivity contribution in [2.24, 2.45) is 0 Å².